The lowest BCUT2D eigenvalue weighted by atomic mass is 9.66. The summed E-state index contributed by atoms with van der Waals surface area (Å²) in [5.41, 5.74) is 2.26. The van der Waals surface area contributed by atoms with Crippen molar-refractivity contribution in [2.75, 3.05) is 0 Å². The Hall–Kier alpha value is -3.84. The normalized spacial score (nSPS) is 21.3. The Morgan fingerprint density at radius 3 is 1.61 bits per heavy atom. The van der Waals surface area contributed by atoms with Crippen molar-refractivity contribution < 1.29 is 13.6 Å². The van der Waals surface area contributed by atoms with Crippen molar-refractivity contribution in [3.8, 4) is 6.07 Å². The number of Topliss-reactive ketones (excluding diaryl/α,β-unsaturated/α-hetero) is 1. The number of halogens is 2. The number of nitrogens with zero attached hydrogens (tertiary/aromatic N) is 1. The molecule has 1 fully saturated rings. The molecule has 0 amide bonds. The summed E-state index contributed by atoms with van der Waals surface area (Å²) in [6, 6.07) is 23.6. The predicted octanol–water partition coefficient (Wildman–Crippen LogP) is 6.26. The topological polar surface area (TPSA) is 40.9 Å². The molecule has 1 atom stereocenters. The van der Waals surface area contributed by atoms with E-state index in [1.807, 2.05) is 30.3 Å². The molecule has 0 heterocycles. The number of benzene rings is 3. The Morgan fingerprint density at radius 2 is 1.19 bits per heavy atom. The van der Waals surface area contributed by atoms with Gasteiger partial charge < -0.3 is 0 Å². The second-order valence-corrected chi connectivity index (χ2v) is 7.68. The van der Waals surface area contributed by atoms with Crippen LogP contribution in [-0.2, 0) is 10.2 Å². The van der Waals surface area contributed by atoms with Gasteiger partial charge in [0.25, 0.3) is 0 Å². The van der Waals surface area contributed by atoms with Crippen LogP contribution in [0, 0.1) is 23.0 Å². The summed E-state index contributed by atoms with van der Waals surface area (Å²) in [5.74, 6) is -0.871. The van der Waals surface area contributed by atoms with Crippen molar-refractivity contribution in [3.63, 3.8) is 0 Å². The summed E-state index contributed by atoms with van der Waals surface area (Å²) in [4.78, 5) is 13.3. The van der Waals surface area contributed by atoms with Gasteiger partial charge in [-0.2, -0.15) is 5.26 Å². The number of carbonyl (C=O) groups is 1. The van der Waals surface area contributed by atoms with E-state index in [9.17, 15) is 18.8 Å². The van der Waals surface area contributed by atoms with Gasteiger partial charge in [-0.15, -0.1) is 0 Å². The van der Waals surface area contributed by atoms with E-state index >= 15 is 0 Å². The number of hydrogen-bond donors (Lipinski definition) is 0. The van der Waals surface area contributed by atoms with E-state index in [0.29, 0.717) is 22.3 Å². The standard InChI is InChI=1S/C27H19F2NO/c28-24-10-6-19(7-11-24)14-21-16-27(18-30,23-4-2-1-3-5-23)17-22(26(21)31)15-20-8-12-25(29)13-9-20/h1-15H,16-17H2/b21-14-,22-15+. The van der Waals surface area contributed by atoms with Crippen LogP contribution in [0.4, 0.5) is 8.78 Å². The second-order valence-electron chi connectivity index (χ2n) is 7.68. The van der Waals surface area contributed by atoms with Crippen LogP contribution in [0.15, 0.2) is 90.0 Å². The maximum atomic E-state index is 13.3. The molecule has 0 radical (unpaired) electrons. The average molecular weight is 411 g/mol. The van der Waals surface area contributed by atoms with E-state index in [4.69, 9.17) is 0 Å². The Balaban J connectivity index is 1.83. The monoisotopic (exact) mass is 411 g/mol. The first kappa shape index (κ1) is 20.4. The summed E-state index contributed by atoms with van der Waals surface area (Å²) in [5, 5.41) is 10.2. The molecule has 1 saturated carbocycles. The fraction of sp³-hybridized carbons (Fsp3) is 0.111. The van der Waals surface area contributed by atoms with Crippen LogP contribution in [-0.4, -0.2) is 5.78 Å². The van der Waals surface area contributed by atoms with Crippen molar-refractivity contribution in [2.45, 2.75) is 18.3 Å². The Bertz CT molecular complexity index is 1130. The first-order valence-corrected chi connectivity index (χ1v) is 9.93. The van der Waals surface area contributed by atoms with Crippen molar-refractivity contribution >= 4 is 17.9 Å². The van der Waals surface area contributed by atoms with Gasteiger partial charge in [-0.25, -0.2) is 8.78 Å². The molecular weight excluding hydrogens is 392 g/mol. The van der Waals surface area contributed by atoms with Gasteiger partial charge >= 0.3 is 0 Å². The molecule has 0 N–H and O–H groups in total. The predicted molar refractivity (Wildman–Crippen MR) is 117 cm³/mol. The van der Waals surface area contributed by atoms with Crippen molar-refractivity contribution in [1.29, 1.82) is 5.26 Å². The SMILES string of the molecule is N#CC1(c2ccccc2)C/C(=C/c2ccc(F)cc2)C(=O)/C(=C/c2ccc(F)cc2)C1. The molecule has 152 valence electrons. The minimum atomic E-state index is -0.910. The summed E-state index contributed by atoms with van der Waals surface area (Å²) in [7, 11) is 0. The molecule has 3 aromatic rings. The fourth-order valence-corrected chi connectivity index (χ4v) is 3.94. The molecule has 0 aliphatic heterocycles. The van der Waals surface area contributed by atoms with Gasteiger partial charge in [0.2, 0.25) is 0 Å². The van der Waals surface area contributed by atoms with Crippen LogP contribution in [0.5, 0.6) is 0 Å². The lowest BCUT2D eigenvalue weighted by Crippen LogP contribution is -2.33. The molecule has 31 heavy (non-hydrogen) atoms. The van der Waals surface area contributed by atoms with Gasteiger partial charge in [-0.3, -0.25) is 4.79 Å². The third-order valence-corrected chi connectivity index (χ3v) is 5.53. The number of ketones is 1. The molecule has 3 aromatic carbocycles. The summed E-state index contributed by atoms with van der Waals surface area (Å²) in [6.45, 7) is 0. The molecule has 1 aliphatic rings. The molecule has 1 unspecified atom stereocenters. The summed E-state index contributed by atoms with van der Waals surface area (Å²) >= 11 is 0. The highest BCUT2D eigenvalue weighted by Crippen LogP contribution is 2.43. The largest absolute Gasteiger partial charge is 0.289 e. The van der Waals surface area contributed by atoms with Crippen LogP contribution in [0.2, 0.25) is 0 Å². The van der Waals surface area contributed by atoms with Gasteiger partial charge in [0.15, 0.2) is 5.78 Å². The van der Waals surface area contributed by atoms with Crippen LogP contribution in [0.25, 0.3) is 12.2 Å². The third kappa shape index (κ3) is 4.36. The summed E-state index contributed by atoms with van der Waals surface area (Å²) < 4.78 is 26.6. The van der Waals surface area contributed by atoms with Gasteiger partial charge in [-0.05, 0) is 65.9 Å². The van der Waals surface area contributed by atoms with Crippen LogP contribution < -0.4 is 0 Å². The molecule has 4 heteroatoms. The number of rotatable bonds is 3. The van der Waals surface area contributed by atoms with Crippen molar-refractivity contribution in [3.05, 3.63) is 118 Å². The van der Waals surface area contributed by atoms with E-state index in [1.165, 1.54) is 24.3 Å². The highest BCUT2D eigenvalue weighted by Gasteiger charge is 2.41. The molecule has 0 bridgehead atoms. The quantitative estimate of drug-likeness (QED) is 0.478. The number of allylic oxidation sites excluding steroid dienone is 2. The smallest absolute Gasteiger partial charge is 0.185 e. The Kier molecular flexibility index (Phi) is 5.60. The van der Waals surface area contributed by atoms with Gasteiger partial charge in [0.1, 0.15) is 11.6 Å². The summed E-state index contributed by atoms with van der Waals surface area (Å²) in [6.07, 6.45) is 3.94. The maximum absolute atomic E-state index is 13.3. The zero-order chi connectivity index (χ0) is 21.8. The van der Waals surface area contributed by atoms with Gasteiger partial charge in [0.05, 0.1) is 11.5 Å². The number of nitriles is 1. The first-order valence-electron chi connectivity index (χ1n) is 9.93. The molecule has 0 aromatic heterocycles. The highest BCUT2D eigenvalue weighted by atomic mass is 19.1. The van der Waals surface area contributed by atoms with Crippen molar-refractivity contribution in [2.24, 2.45) is 0 Å². The van der Waals surface area contributed by atoms with E-state index in [1.54, 1.807) is 36.4 Å². The van der Waals surface area contributed by atoms with E-state index < -0.39 is 5.41 Å². The fourth-order valence-electron chi connectivity index (χ4n) is 3.94. The van der Waals surface area contributed by atoms with Crippen LogP contribution in [0.1, 0.15) is 29.5 Å². The number of carbonyl (C=O) groups excluding carboxylic acids is 1. The lowest BCUT2D eigenvalue weighted by Gasteiger charge is -2.33. The third-order valence-electron chi connectivity index (χ3n) is 5.53. The lowest BCUT2D eigenvalue weighted by molar-refractivity contribution is -0.113. The molecule has 0 saturated heterocycles. The van der Waals surface area contributed by atoms with Gasteiger partial charge in [-0.1, -0.05) is 54.6 Å². The first-order chi connectivity index (χ1) is 15.0. The molecular formula is C27H19F2NO. The molecule has 2 nitrogen and oxygen atoms in total. The van der Waals surface area contributed by atoms with Crippen LogP contribution in [0.3, 0.4) is 0 Å². The minimum absolute atomic E-state index is 0.157. The molecule has 1 aliphatic carbocycles. The number of hydrogen-bond acceptors (Lipinski definition) is 2. The van der Waals surface area contributed by atoms with Gasteiger partial charge in [0, 0.05) is 11.1 Å². The van der Waals surface area contributed by atoms with Crippen LogP contribution >= 0.6 is 0 Å². The minimum Gasteiger partial charge on any atom is -0.289 e. The Morgan fingerprint density at radius 1 is 0.742 bits per heavy atom. The van der Waals surface area contributed by atoms with Crippen molar-refractivity contribution in [1.82, 2.24) is 0 Å². The van der Waals surface area contributed by atoms with E-state index in [2.05, 4.69) is 6.07 Å². The maximum Gasteiger partial charge on any atom is 0.185 e. The molecule has 4 rings (SSSR count). The zero-order valence-corrected chi connectivity index (χ0v) is 16.7. The molecule has 0 spiro atoms. The highest BCUT2D eigenvalue weighted by molar-refractivity contribution is 6.14. The zero-order valence-electron chi connectivity index (χ0n) is 16.7. The second kappa shape index (κ2) is 8.49. The average Bonchev–Trinajstić information content (AvgIpc) is 2.80. The van der Waals surface area contributed by atoms with E-state index in [0.717, 1.165) is 5.56 Å². The Labute approximate surface area is 179 Å². The van der Waals surface area contributed by atoms with E-state index in [-0.39, 0.29) is 30.3 Å².